The van der Waals surface area contributed by atoms with Gasteiger partial charge >= 0.3 is 0 Å². The van der Waals surface area contributed by atoms with E-state index in [1.54, 1.807) is 27.8 Å². The van der Waals surface area contributed by atoms with Crippen molar-refractivity contribution in [2.75, 3.05) is 4.90 Å². The maximum absolute atomic E-state index is 13.7. The van der Waals surface area contributed by atoms with E-state index in [0.29, 0.717) is 17.4 Å². The van der Waals surface area contributed by atoms with Gasteiger partial charge in [-0.3, -0.25) is 19.8 Å². The van der Waals surface area contributed by atoms with Gasteiger partial charge in [0.1, 0.15) is 6.33 Å². The molecule has 0 saturated carbocycles. The lowest BCUT2D eigenvalue weighted by Crippen LogP contribution is -2.42. The number of nitro groups is 1. The molecule has 164 valence electrons. The van der Waals surface area contributed by atoms with Gasteiger partial charge in [-0.2, -0.15) is 10.1 Å². The second-order valence-electron chi connectivity index (χ2n) is 7.72. The third kappa shape index (κ3) is 3.85. The quantitative estimate of drug-likeness (QED) is 0.308. The summed E-state index contributed by atoms with van der Waals surface area (Å²) in [6.07, 6.45) is 1.96. The Morgan fingerprint density at radius 2 is 1.70 bits per heavy atom. The Labute approximate surface area is 194 Å². The summed E-state index contributed by atoms with van der Waals surface area (Å²) in [6, 6.07) is 22.4. The summed E-state index contributed by atoms with van der Waals surface area (Å²) in [5, 5.41) is 16.3. The summed E-state index contributed by atoms with van der Waals surface area (Å²) < 4.78 is 1.73. The van der Waals surface area contributed by atoms with E-state index >= 15 is 0 Å². The molecular formula is C24H18ClN5O3. The van der Waals surface area contributed by atoms with Crippen molar-refractivity contribution in [2.24, 2.45) is 0 Å². The molecule has 1 aliphatic heterocycles. The number of non-ortho nitro benzene ring substituents is 1. The van der Waals surface area contributed by atoms with Crippen molar-refractivity contribution in [3.8, 4) is 0 Å². The van der Waals surface area contributed by atoms with Crippen molar-refractivity contribution in [1.82, 2.24) is 14.8 Å². The Kier molecular flexibility index (Phi) is 5.35. The minimum Gasteiger partial charge on any atom is -0.269 e. The highest BCUT2D eigenvalue weighted by Gasteiger charge is 2.40. The zero-order chi connectivity index (χ0) is 22.9. The number of halogens is 1. The number of benzene rings is 3. The first-order valence-electron chi connectivity index (χ1n) is 10.3. The van der Waals surface area contributed by atoms with Crippen LogP contribution in [0.15, 0.2) is 85.2 Å². The van der Waals surface area contributed by atoms with Crippen LogP contribution in [0.3, 0.4) is 0 Å². The molecular weight excluding hydrogens is 442 g/mol. The average molecular weight is 460 g/mol. The molecule has 4 aromatic rings. The van der Waals surface area contributed by atoms with Crippen molar-refractivity contribution in [3.63, 3.8) is 0 Å². The van der Waals surface area contributed by atoms with Gasteiger partial charge in [-0.25, -0.2) is 4.68 Å². The second-order valence-corrected chi connectivity index (χ2v) is 8.15. The molecule has 2 heterocycles. The second kappa shape index (κ2) is 8.48. The van der Waals surface area contributed by atoms with Crippen LogP contribution in [-0.4, -0.2) is 25.6 Å². The maximum atomic E-state index is 13.7. The Bertz CT molecular complexity index is 1320. The first-order valence-corrected chi connectivity index (χ1v) is 10.7. The minimum absolute atomic E-state index is 0.140. The van der Waals surface area contributed by atoms with Crippen molar-refractivity contribution >= 4 is 29.1 Å². The molecule has 0 N–H and O–H groups in total. The number of carbonyl (C=O) groups is 1. The number of hydrogen-bond donors (Lipinski definition) is 0. The summed E-state index contributed by atoms with van der Waals surface area (Å²) in [7, 11) is 0. The molecule has 1 aliphatic rings. The fourth-order valence-electron chi connectivity index (χ4n) is 4.24. The first-order chi connectivity index (χ1) is 16.0. The molecule has 0 fully saturated rings. The van der Waals surface area contributed by atoms with E-state index in [-0.39, 0.29) is 29.2 Å². The van der Waals surface area contributed by atoms with Crippen LogP contribution < -0.4 is 4.90 Å². The lowest BCUT2D eigenvalue weighted by atomic mass is 9.91. The molecule has 2 atom stereocenters. The Morgan fingerprint density at radius 1 is 0.970 bits per heavy atom. The minimum atomic E-state index is -0.516. The summed E-state index contributed by atoms with van der Waals surface area (Å²) in [5.74, 6) is -0.00836. The molecule has 33 heavy (non-hydrogen) atoms. The Morgan fingerprint density at radius 3 is 2.42 bits per heavy atom. The van der Waals surface area contributed by atoms with Gasteiger partial charge in [0.15, 0.2) is 0 Å². The van der Waals surface area contributed by atoms with E-state index in [1.807, 2.05) is 42.5 Å². The van der Waals surface area contributed by atoms with Crippen LogP contribution in [0.5, 0.6) is 0 Å². The van der Waals surface area contributed by atoms with E-state index in [2.05, 4.69) is 10.1 Å². The predicted molar refractivity (Wildman–Crippen MR) is 123 cm³/mol. The van der Waals surface area contributed by atoms with E-state index < -0.39 is 4.92 Å². The number of nitrogens with zero attached hydrogens (tertiary/aromatic N) is 5. The third-order valence-electron chi connectivity index (χ3n) is 5.78. The highest BCUT2D eigenvalue weighted by Crippen LogP contribution is 2.42. The van der Waals surface area contributed by atoms with Gasteiger partial charge in [-0.1, -0.05) is 60.1 Å². The van der Waals surface area contributed by atoms with Crippen LogP contribution in [-0.2, 0) is 0 Å². The highest BCUT2D eigenvalue weighted by atomic mass is 35.5. The smallest absolute Gasteiger partial charge is 0.269 e. The summed E-state index contributed by atoms with van der Waals surface area (Å²) in [5.41, 5.74) is 1.99. The van der Waals surface area contributed by atoms with E-state index in [0.717, 1.165) is 11.1 Å². The number of carbonyl (C=O) groups excluding carboxylic acids is 1. The fourth-order valence-corrected chi connectivity index (χ4v) is 4.36. The Hall–Kier alpha value is -4.04. The monoisotopic (exact) mass is 459 g/mol. The molecule has 1 aromatic heterocycles. The van der Waals surface area contributed by atoms with Crippen LogP contribution in [0.25, 0.3) is 0 Å². The van der Waals surface area contributed by atoms with Crippen molar-refractivity contribution < 1.29 is 9.72 Å². The van der Waals surface area contributed by atoms with E-state index in [1.165, 1.54) is 24.5 Å². The largest absolute Gasteiger partial charge is 0.270 e. The fraction of sp³-hybridized carbons (Fsp3) is 0.125. The van der Waals surface area contributed by atoms with E-state index in [9.17, 15) is 14.9 Å². The Balaban J connectivity index is 1.64. The SMILES string of the molecule is O=C(c1cccc([N+](=O)[O-])c1)N1c2ncnn2C(c2ccccc2)CC1c1ccc(Cl)cc1. The summed E-state index contributed by atoms with van der Waals surface area (Å²) in [4.78, 5) is 30.4. The normalized spacial score (nSPS) is 17.4. The van der Waals surface area contributed by atoms with Crippen LogP contribution in [0, 0.1) is 10.1 Å². The zero-order valence-corrected chi connectivity index (χ0v) is 18.0. The molecule has 9 heteroatoms. The summed E-state index contributed by atoms with van der Waals surface area (Å²) in [6.45, 7) is 0. The van der Waals surface area contributed by atoms with Crippen LogP contribution in [0.1, 0.15) is 40.0 Å². The number of hydrogen-bond acceptors (Lipinski definition) is 5. The topological polar surface area (TPSA) is 94.2 Å². The van der Waals surface area contributed by atoms with Crippen LogP contribution >= 0.6 is 11.6 Å². The lowest BCUT2D eigenvalue weighted by Gasteiger charge is -2.39. The first kappa shape index (κ1) is 20.8. The number of anilines is 1. The van der Waals surface area contributed by atoms with Crippen LogP contribution in [0.2, 0.25) is 5.02 Å². The number of aromatic nitrogens is 3. The molecule has 3 aromatic carbocycles. The van der Waals surface area contributed by atoms with Gasteiger partial charge < -0.3 is 0 Å². The third-order valence-corrected chi connectivity index (χ3v) is 6.04. The number of nitro benzene ring substituents is 1. The number of fused-ring (bicyclic) bond motifs is 1. The number of amides is 1. The predicted octanol–water partition coefficient (Wildman–Crippen LogP) is 5.22. The van der Waals surface area contributed by atoms with Crippen LogP contribution in [0.4, 0.5) is 11.6 Å². The van der Waals surface area contributed by atoms with Gasteiger partial charge in [0.2, 0.25) is 5.95 Å². The maximum Gasteiger partial charge on any atom is 0.270 e. The highest BCUT2D eigenvalue weighted by molar-refractivity contribution is 6.30. The van der Waals surface area contributed by atoms with Gasteiger partial charge in [0.05, 0.1) is 17.0 Å². The van der Waals surface area contributed by atoms with Gasteiger partial charge in [-0.05, 0) is 35.7 Å². The standard InChI is InChI=1S/C24H18ClN5O3/c25-19-11-9-17(10-12-19)21-14-22(16-5-2-1-3-6-16)29-24(26-15-27-29)28(21)23(31)18-7-4-8-20(13-18)30(32)33/h1-13,15,21-22H,14H2. The molecule has 0 saturated heterocycles. The van der Waals surface area contributed by atoms with E-state index in [4.69, 9.17) is 11.6 Å². The molecule has 8 nitrogen and oxygen atoms in total. The van der Waals surface area contributed by atoms with Crippen molar-refractivity contribution in [2.45, 2.75) is 18.5 Å². The van der Waals surface area contributed by atoms with Crippen molar-refractivity contribution in [3.05, 3.63) is 117 Å². The molecule has 2 unspecified atom stereocenters. The molecule has 0 spiro atoms. The summed E-state index contributed by atoms with van der Waals surface area (Å²) >= 11 is 6.11. The average Bonchev–Trinajstić information content (AvgIpc) is 3.33. The molecule has 0 aliphatic carbocycles. The van der Waals surface area contributed by atoms with Gasteiger partial charge in [0, 0.05) is 22.7 Å². The van der Waals surface area contributed by atoms with Gasteiger partial charge in [0.25, 0.3) is 11.6 Å². The molecule has 0 radical (unpaired) electrons. The molecule has 1 amide bonds. The van der Waals surface area contributed by atoms with Crippen molar-refractivity contribution in [1.29, 1.82) is 0 Å². The molecule has 5 rings (SSSR count). The lowest BCUT2D eigenvalue weighted by molar-refractivity contribution is -0.384. The zero-order valence-electron chi connectivity index (χ0n) is 17.3. The molecule has 0 bridgehead atoms. The van der Waals surface area contributed by atoms with Gasteiger partial charge in [-0.15, -0.1) is 0 Å². The number of rotatable bonds is 4.